The van der Waals surface area contributed by atoms with Gasteiger partial charge in [0.25, 0.3) is 11.8 Å². The minimum atomic E-state index is -0.209. The van der Waals surface area contributed by atoms with E-state index in [1.807, 2.05) is 31.2 Å². The van der Waals surface area contributed by atoms with Crippen LogP contribution in [0.1, 0.15) is 39.1 Å². The van der Waals surface area contributed by atoms with Crippen molar-refractivity contribution in [1.82, 2.24) is 10.2 Å². The average Bonchev–Trinajstić information content (AvgIpc) is 2.68. The molecule has 0 aliphatic carbocycles. The molecule has 0 radical (unpaired) electrons. The van der Waals surface area contributed by atoms with E-state index >= 15 is 0 Å². The van der Waals surface area contributed by atoms with E-state index in [2.05, 4.69) is 5.32 Å². The van der Waals surface area contributed by atoms with E-state index < -0.39 is 0 Å². The third kappa shape index (κ3) is 4.22. The maximum absolute atomic E-state index is 12.7. The molecular weight excluding hydrogens is 344 g/mol. The summed E-state index contributed by atoms with van der Waals surface area (Å²) in [5.41, 5.74) is 1.88. The van der Waals surface area contributed by atoms with Crippen LogP contribution >= 0.6 is 0 Å². The largest absolute Gasteiger partial charge is 0.507 e. The molecule has 142 valence electrons. The molecular formula is C21H24N2O4. The van der Waals surface area contributed by atoms with Crippen molar-refractivity contribution in [2.24, 2.45) is 0 Å². The molecule has 0 spiro atoms. The summed E-state index contributed by atoms with van der Waals surface area (Å²) >= 11 is 0. The lowest BCUT2D eigenvalue weighted by molar-refractivity contribution is 0.0695. The van der Waals surface area contributed by atoms with Crippen molar-refractivity contribution in [3.05, 3.63) is 59.2 Å². The standard InChI is InChI=1S/C21H24N2O4/c1-14-5-3-4-6-17(14)20(25)22-15-9-11-23(12-10-15)21(26)18-8-7-16(27-2)13-19(18)24/h3-8,13,15,24H,9-12H2,1-2H3,(H,22,25). The van der Waals surface area contributed by atoms with Gasteiger partial charge in [0.1, 0.15) is 11.5 Å². The summed E-state index contributed by atoms with van der Waals surface area (Å²) in [6.45, 7) is 2.98. The first-order valence-corrected chi connectivity index (χ1v) is 9.02. The van der Waals surface area contributed by atoms with Crippen LogP contribution in [0, 0.1) is 6.92 Å². The number of methoxy groups -OCH3 is 1. The highest BCUT2D eigenvalue weighted by Gasteiger charge is 2.26. The zero-order chi connectivity index (χ0) is 19.4. The zero-order valence-corrected chi connectivity index (χ0v) is 15.6. The van der Waals surface area contributed by atoms with Gasteiger partial charge in [-0.2, -0.15) is 0 Å². The van der Waals surface area contributed by atoms with Gasteiger partial charge in [0, 0.05) is 30.8 Å². The number of amides is 2. The molecule has 1 heterocycles. The number of nitrogens with zero attached hydrogens (tertiary/aromatic N) is 1. The minimum Gasteiger partial charge on any atom is -0.507 e. The first-order chi connectivity index (χ1) is 13.0. The van der Waals surface area contributed by atoms with Crippen LogP contribution in [0.25, 0.3) is 0 Å². The number of ether oxygens (including phenoxy) is 1. The molecule has 1 aliphatic rings. The van der Waals surface area contributed by atoms with E-state index in [-0.39, 0.29) is 29.2 Å². The van der Waals surface area contributed by atoms with Gasteiger partial charge in [-0.15, -0.1) is 0 Å². The lowest BCUT2D eigenvalue weighted by Crippen LogP contribution is -2.46. The van der Waals surface area contributed by atoms with Crippen LogP contribution in [0.5, 0.6) is 11.5 Å². The Labute approximate surface area is 158 Å². The molecule has 3 rings (SSSR count). The second-order valence-electron chi connectivity index (χ2n) is 6.74. The van der Waals surface area contributed by atoms with Crippen LogP contribution in [-0.4, -0.2) is 48.1 Å². The summed E-state index contributed by atoms with van der Waals surface area (Å²) in [6.07, 6.45) is 1.36. The molecule has 0 aromatic heterocycles. The van der Waals surface area contributed by atoms with E-state index in [9.17, 15) is 14.7 Å². The number of aromatic hydroxyl groups is 1. The Kier molecular flexibility index (Phi) is 5.64. The Balaban J connectivity index is 1.58. The third-order valence-electron chi connectivity index (χ3n) is 4.94. The maximum atomic E-state index is 12.7. The summed E-state index contributed by atoms with van der Waals surface area (Å²) in [5, 5.41) is 13.1. The molecule has 1 fully saturated rings. The molecule has 2 aromatic rings. The van der Waals surface area contributed by atoms with Crippen LogP contribution in [0.3, 0.4) is 0 Å². The fourth-order valence-electron chi connectivity index (χ4n) is 3.31. The van der Waals surface area contributed by atoms with Crippen LogP contribution in [0.4, 0.5) is 0 Å². The van der Waals surface area contributed by atoms with Gasteiger partial charge in [-0.1, -0.05) is 18.2 Å². The fraction of sp³-hybridized carbons (Fsp3) is 0.333. The molecule has 0 atom stereocenters. The van der Waals surface area contributed by atoms with Gasteiger partial charge >= 0.3 is 0 Å². The molecule has 27 heavy (non-hydrogen) atoms. The number of rotatable bonds is 4. The van der Waals surface area contributed by atoms with Gasteiger partial charge in [0.15, 0.2) is 0 Å². The number of benzene rings is 2. The number of carbonyl (C=O) groups is 2. The highest BCUT2D eigenvalue weighted by atomic mass is 16.5. The summed E-state index contributed by atoms with van der Waals surface area (Å²) < 4.78 is 5.05. The second kappa shape index (κ2) is 8.12. The molecule has 1 aliphatic heterocycles. The first-order valence-electron chi connectivity index (χ1n) is 9.02. The summed E-state index contributed by atoms with van der Waals surface area (Å²) in [5.74, 6) is 0.125. The van der Waals surface area contributed by atoms with Crippen molar-refractivity contribution >= 4 is 11.8 Å². The highest BCUT2D eigenvalue weighted by Crippen LogP contribution is 2.25. The van der Waals surface area contributed by atoms with Crippen molar-refractivity contribution in [3.63, 3.8) is 0 Å². The second-order valence-corrected chi connectivity index (χ2v) is 6.74. The van der Waals surface area contributed by atoms with Crippen molar-refractivity contribution in [2.75, 3.05) is 20.2 Å². The Morgan fingerprint density at radius 1 is 1.11 bits per heavy atom. The number of carbonyl (C=O) groups excluding carboxylic acids is 2. The average molecular weight is 368 g/mol. The number of piperidine rings is 1. The predicted molar refractivity (Wildman–Crippen MR) is 102 cm³/mol. The maximum Gasteiger partial charge on any atom is 0.257 e. The summed E-state index contributed by atoms with van der Waals surface area (Å²) in [7, 11) is 1.51. The van der Waals surface area contributed by atoms with Crippen molar-refractivity contribution in [1.29, 1.82) is 0 Å². The van der Waals surface area contributed by atoms with Crippen molar-refractivity contribution in [2.45, 2.75) is 25.8 Å². The van der Waals surface area contributed by atoms with E-state index in [0.29, 0.717) is 37.2 Å². The number of phenolic OH excluding ortho intramolecular Hbond substituents is 1. The van der Waals surface area contributed by atoms with Crippen molar-refractivity contribution in [3.8, 4) is 11.5 Å². The van der Waals surface area contributed by atoms with E-state index in [4.69, 9.17) is 4.74 Å². The zero-order valence-electron chi connectivity index (χ0n) is 15.6. The molecule has 2 aromatic carbocycles. The molecule has 0 saturated carbocycles. The van der Waals surface area contributed by atoms with Gasteiger partial charge in [-0.25, -0.2) is 0 Å². The summed E-state index contributed by atoms with van der Waals surface area (Å²) in [4.78, 5) is 26.8. The molecule has 0 unspecified atom stereocenters. The molecule has 2 N–H and O–H groups in total. The molecule has 6 heteroatoms. The first kappa shape index (κ1) is 18.8. The van der Waals surface area contributed by atoms with E-state index in [0.717, 1.165) is 5.56 Å². The number of likely N-dealkylation sites (tertiary alicyclic amines) is 1. The topological polar surface area (TPSA) is 78.9 Å². The number of aryl methyl sites for hydroxylation is 1. The lowest BCUT2D eigenvalue weighted by Gasteiger charge is -2.32. The quantitative estimate of drug-likeness (QED) is 0.870. The van der Waals surface area contributed by atoms with Crippen LogP contribution in [0.15, 0.2) is 42.5 Å². The molecule has 6 nitrogen and oxygen atoms in total. The van der Waals surface area contributed by atoms with Crippen LogP contribution in [-0.2, 0) is 0 Å². The number of hydrogen-bond donors (Lipinski definition) is 2. The molecule has 2 amide bonds. The number of phenols is 1. The van der Waals surface area contributed by atoms with Gasteiger partial charge < -0.3 is 20.1 Å². The third-order valence-corrected chi connectivity index (χ3v) is 4.94. The molecule has 0 bridgehead atoms. The SMILES string of the molecule is COc1ccc(C(=O)N2CCC(NC(=O)c3ccccc3C)CC2)c(O)c1. The highest BCUT2D eigenvalue weighted by molar-refractivity contribution is 5.97. The number of nitrogens with one attached hydrogen (secondary N) is 1. The monoisotopic (exact) mass is 368 g/mol. The molecule has 1 saturated heterocycles. The summed E-state index contributed by atoms with van der Waals surface area (Å²) in [6, 6.07) is 12.2. The Morgan fingerprint density at radius 2 is 1.81 bits per heavy atom. The van der Waals surface area contributed by atoms with Gasteiger partial charge in [-0.3, -0.25) is 9.59 Å². The minimum absolute atomic E-state index is 0.0330. The van der Waals surface area contributed by atoms with Gasteiger partial charge in [0.2, 0.25) is 0 Å². The van der Waals surface area contributed by atoms with E-state index in [1.54, 1.807) is 17.0 Å². The fourth-order valence-corrected chi connectivity index (χ4v) is 3.31. The normalized spacial score (nSPS) is 14.7. The Hall–Kier alpha value is -3.02. The Bertz CT molecular complexity index is 842. The lowest BCUT2D eigenvalue weighted by atomic mass is 10.0. The van der Waals surface area contributed by atoms with Gasteiger partial charge in [-0.05, 0) is 43.5 Å². The van der Waals surface area contributed by atoms with E-state index in [1.165, 1.54) is 13.2 Å². The van der Waals surface area contributed by atoms with Gasteiger partial charge in [0.05, 0.1) is 12.7 Å². The van der Waals surface area contributed by atoms with Crippen molar-refractivity contribution < 1.29 is 19.4 Å². The van der Waals surface area contributed by atoms with Crippen LogP contribution in [0.2, 0.25) is 0 Å². The number of hydrogen-bond acceptors (Lipinski definition) is 4. The smallest absolute Gasteiger partial charge is 0.257 e. The van der Waals surface area contributed by atoms with Crippen LogP contribution < -0.4 is 10.1 Å². The Morgan fingerprint density at radius 3 is 2.44 bits per heavy atom. The predicted octanol–water partition coefficient (Wildman–Crippen LogP) is 2.74.